The number of carbonyl (C=O) groups is 1. The molecule has 0 unspecified atom stereocenters. The number of aromatic nitrogens is 1. The summed E-state index contributed by atoms with van der Waals surface area (Å²) in [7, 11) is 3.85. The number of carbonyl (C=O) groups excluding carboxylic acids is 1. The van der Waals surface area contributed by atoms with Crippen LogP contribution in [0, 0.1) is 11.8 Å². The van der Waals surface area contributed by atoms with Gasteiger partial charge < -0.3 is 14.2 Å². The molecule has 2 aromatic carbocycles. The average Bonchev–Trinajstić information content (AvgIpc) is 3.44. The second-order valence-electron chi connectivity index (χ2n) is 9.77. The van der Waals surface area contributed by atoms with Crippen molar-refractivity contribution in [2.75, 3.05) is 26.7 Å². The average molecular weight is 460 g/mol. The van der Waals surface area contributed by atoms with Crippen LogP contribution in [0.15, 0.2) is 72.9 Å². The first-order chi connectivity index (χ1) is 16.5. The van der Waals surface area contributed by atoms with Crippen molar-refractivity contribution in [1.82, 2.24) is 14.4 Å². The molecule has 4 rings (SSSR count). The highest BCUT2D eigenvalue weighted by molar-refractivity contribution is 5.78. The molecule has 1 saturated heterocycles. The van der Waals surface area contributed by atoms with Gasteiger partial charge in [0.1, 0.15) is 5.75 Å². The minimum atomic E-state index is -0.0331. The Bertz CT molecular complexity index is 1080. The SMILES string of the molecule is COc1ccccc1[C@H]1CN(Cc2cccn2C)C[C@H]1CN(Cc1ccccc1)C(=O)C(C)C. The van der Waals surface area contributed by atoms with Crippen LogP contribution < -0.4 is 4.74 Å². The molecule has 0 saturated carbocycles. The highest BCUT2D eigenvalue weighted by atomic mass is 16.5. The number of para-hydroxylation sites is 1. The molecule has 1 aliphatic heterocycles. The third-order valence-electron chi connectivity index (χ3n) is 6.97. The standard InChI is InChI=1S/C29H37N3O2/c1-22(2)29(33)32(17-23-11-6-5-7-12-23)19-24-18-31(20-25-13-10-16-30(25)3)21-27(24)26-14-8-9-15-28(26)34-4/h5-16,22,24,27H,17-21H2,1-4H3/t24-,27-/m0/s1. The van der Waals surface area contributed by atoms with Gasteiger partial charge in [-0.25, -0.2) is 0 Å². The van der Waals surface area contributed by atoms with Gasteiger partial charge in [-0.3, -0.25) is 9.69 Å². The number of rotatable bonds is 9. The Morgan fingerprint density at radius 3 is 2.44 bits per heavy atom. The van der Waals surface area contributed by atoms with Gasteiger partial charge in [-0.15, -0.1) is 0 Å². The Kier molecular flexibility index (Phi) is 7.73. The van der Waals surface area contributed by atoms with E-state index in [1.54, 1.807) is 7.11 Å². The molecule has 0 aliphatic carbocycles. The summed E-state index contributed by atoms with van der Waals surface area (Å²) < 4.78 is 7.94. The maximum Gasteiger partial charge on any atom is 0.225 e. The number of nitrogens with zero attached hydrogens (tertiary/aromatic N) is 3. The molecule has 1 aromatic heterocycles. The number of methoxy groups -OCH3 is 1. The van der Waals surface area contributed by atoms with E-state index in [1.165, 1.54) is 16.8 Å². The molecular weight excluding hydrogens is 422 g/mol. The van der Waals surface area contributed by atoms with Crippen molar-refractivity contribution >= 4 is 5.91 Å². The molecule has 2 heterocycles. The summed E-state index contributed by atoms with van der Waals surface area (Å²) >= 11 is 0. The lowest BCUT2D eigenvalue weighted by Crippen LogP contribution is -2.39. The fraction of sp³-hybridized carbons (Fsp3) is 0.414. The fourth-order valence-corrected chi connectivity index (χ4v) is 5.17. The van der Waals surface area contributed by atoms with Crippen molar-refractivity contribution in [3.63, 3.8) is 0 Å². The van der Waals surface area contributed by atoms with Crippen LogP contribution in [0.4, 0.5) is 0 Å². The first kappa shape index (κ1) is 24.1. The van der Waals surface area contributed by atoms with E-state index in [4.69, 9.17) is 4.74 Å². The maximum absolute atomic E-state index is 13.3. The van der Waals surface area contributed by atoms with Gasteiger partial charge in [-0.05, 0) is 35.2 Å². The number of benzene rings is 2. The van der Waals surface area contributed by atoms with E-state index in [-0.39, 0.29) is 11.8 Å². The second-order valence-corrected chi connectivity index (χ2v) is 9.77. The van der Waals surface area contributed by atoms with Crippen LogP contribution in [0.3, 0.4) is 0 Å². The Morgan fingerprint density at radius 2 is 1.76 bits per heavy atom. The van der Waals surface area contributed by atoms with Crippen LogP contribution in [0.25, 0.3) is 0 Å². The minimum absolute atomic E-state index is 0.0331. The van der Waals surface area contributed by atoms with Gasteiger partial charge in [0.05, 0.1) is 7.11 Å². The quantitative estimate of drug-likeness (QED) is 0.455. The molecule has 1 fully saturated rings. The van der Waals surface area contributed by atoms with Crippen LogP contribution >= 0.6 is 0 Å². The number of ether oxygens (including phenoxy) is 1. The largest absolute Gasteiger partial charge is 0.496 e. The number of amides is 1. The summed E-state index contributed by atoms with van der Waals surface area (Å²) in [5.74, 6) is 1.73. The second kappa shape index (κ2) is 10.9. The van der Waals surface area contributed by atoms with Gasteiger partial charge in [-0.2, -0.15) is 0 Å². The summed E-state index contributed by atoms with van der Waals surface area (Å²) in [5.41, 5.74) is 3.71. The first-order valence-electron chi connectivity index (χ1n) is 12.2. The Morgan fingerprint density at radius 1 is 1.03 bits per heavy atom. The molecule has 2 atom stereocenters. The third kappa shape index (κ3) is 5.53. The number of aryl methyl sites for hydroxylation is 1. The van der Waals surface area contributed by atoms with Gasteiger partial charge in [0.15, 0.2) is 0 Å². The highest BCUT2D eigenvalue weighted by Gasteiger charge is 2.37. The third-order valence-corrected chi connectivity index (χ3v) is 6.97. The lowest BCUT2D eigenvalue weighted by Gasteiger charge is -2.30. The van der Waals surface area contributed by atoms with Crippen molar-refractivity contribution in [3.8, 4) is 5.75 Å². The van der Waals surface area contributed by atoms with E-state index >= 15 is 0 Å². The summed E-state index contributed by atoms with van der Waals surface area (Å²) in [6, 6.07) is 23.0. The van der Waals surface area contributed by atoms with E-state index in [9.17, 15) is 4.79 Å². The molecule has 5 heteroatoms. The zero-order chi connectivity index (χ0) is 24.1. The molecule has 0 radical (unpaired) electrons. The van der Waals surface area contributed by atoms with Crippen molar-refractivity contribution in [3.05, 3.63) is 89.7 Å². The monoisotopic (exact) mass is 459 g/mol. The van der Waals surface area contributed by atoms with Gasteiger partial charge in [0.2, 0.25) is 5.91 Å². The predicted octanol–water partition coefficient (Wildman–Crippen LogP) is 4.93. The van der Waals surface area contributed by atoms with E-state index in [2.05, 4.69) is 64.0 Å². The molecule has 1 aliphatic rings. The fourth-order valence-electron chi connectivity index (χ4n) is 5.17. The van der Waals surface area contributed by atoms with Crippen LogP contribution in [0.1, 0.15) is 36.6 Å². The smallest absolute Gasteiger partial charge is 0.225 e. The van der Waals surface area contributed by atoms with E-state index in [0.717, 1.165) is 31.9 Å². The van der Waals surface area contributed by atoms with Crippen molar-refractivity contribution in [2.24, 2.45) is 18.9 Å². The number of likely N-dealkylation sites (tertiary alicyclic amines) is 1. The molecule has 0 spiro atoms. The number of hydrogen-bond donors (Lipinski definition) is 0. The van der Waals surface area contributed by atoms with E-state index in [0.29, 0.717) is 18.4 Å². The summed E-state index contributed by atoms with van der Waals surface area (Å²) in [6.45, 7) is 8.17. The lowest BCUT2D eigenvalue weighted by atomic mass is 9.87. The molecule has 3 aromatic rings. The van der Waals surface area contributed by atoms with Crippen molar-refractivity contribution < 1.29 is 9.53 Å². The summed E-state index contributed by atoms with van der Waals surface area (Å²) in [4.78, 5) is 17.9. The molecule has 0 N–H and O–H groups in total. The van der Waals surface area contributed by atoms with Crippen LogP contribution in [-0.2, 0) is 24.9 Å². The van der Waals surface area contributed by atoms with Crippen molar-refractivity contribution in [1.29, 1.82) is 0 Å². The first-order valence-corrected chi connectivity index (χ1v) is 12.2. The zero-order valence-corrected chi connectivity index (χ0v) is 20.9. The normalized spacial score (nSPS) is 18.4. The van der Waals surface area contributed by atoms with Crippen LogP contribution in [-0.4, -0.2) is 47.0 Å². The predicted molar refractivity (Wildman–Crippen MR) is 137 cm³/mol. The maximum atomic E-state index is 13.3. The Labute approximate surface area is 203 Å². The van der Waals surface area contributed by atoms with Gasteiger partial charge in [0.25, 0.3) is 0 Å². The van der Waals surface area contributed by atoms with Gasteiger partial charge >= 0.3 is 0 Å². The Balaban J connectivity index is 1.61. The summed E-state index contributed by atoms with van der Waals surface area (Å²) in [5, 5.41) is 0. The van der Waals surface area contributed by atoms with Gasteiger partial charge in [-0.1, -0.05) is 62.4 Å². The molecule has 0 bridgehead atoms. The number of hydrogen-bond acceptors (Lipinski definition) is 3. The van der Waals surface area contributed by atoms with Crippen molar-refractivity contribution in [2.45, 2.75) is 32.9 Å². The topological polar surface area (TPSA) is 37.7 Å². The highest BCUT2D eigenvalue weighted by Crippen LogP contribution is 2.38. The van der Waals surface area contributed by atoms with E-state index in [1.807, 2.05) is 44.2 Å². The minimum Gasteiger partial charge on any atom is -0.496 e. The molecule has 34 heavy (non-hydrogen) atoms. The van der Waals surface area contributed by atoms with E-state index < -0.39 is 0 Å². The molecule has 180 valence electrons. The lowest BCUT2D eigenvalue weighted by molar-refractivity contribution is -0.135. The zero-order valence-electron chi connectivity index (χ0n) is 20.9. The molecule has 5 nitrogen and oxygen atoms in total. The van der Waals surface area contributed by atoms with Crippen LogP contribution in [0.2, 0.25) is 0 Å². The molecule has 1 amide bonds. The Hall–Kier alpha value is -3.05. The van der Waals surface area contributed by atoms with Crippen LogP contribution in [0.5, 0.6) is 5.75 Å². The summed E-state index contributed by atoms with van der Waals surface area (Å²) in [6.07, 6.45) is 2.10. The van der Waals surface area contributed by atoms with Gasteiger partial charge in [0, 0.05) is 63.5 Å². The molecular formula is C29H37N3O2.